The smallest absolute Gasteiger partial charge is 0.261 e. The van der Waals surface area contributed by atoms with Crippen LogP contribution in [0.4, 0.5) is 10.1 Å². The molecule has 0 bridgehead atoms. The van der Waals surface area contributed by atoms with Crippen LogP contribution in [0.1, 0.15) is 35.4 Å². The van der Waals surface area contributed by atoms with Gasteiger partial charge in [-0.2, -0.15) is 0 Å². The molecule has 10 heteroatoms. The van der Waals surface area contributed by atoms with Gasteiger partial charge in [0.15, 0.2) is 0 Å². The van der Waals surface area contributed by atoms with Crippen molar-refractivity contribution in [2.45, 2.75) is 54.9 Å². The van der Waals surface area contributed by atoms with Gasteiger partial charge >= 0.3 is 0 Å². The minimum absolute atomic E-state index is 0.00425. The largest absolute Gasteiger partial charge is 0.487 e. The van der Waals surface area contributed by atoms with Crippen molar-refractivity contribution >= 4 is 21.6 Å². The number of rotatable bonds is 6. The van der Waals surface area contributed by atoms with Crippen LogP contribution in [0, 0.1) is 5.82 Å². The molecule has 39 heavy (non-hydrogen) atoms. The Balaban J connectivity index is 1.18. The van der Waals surface area contributed by atoms with Gasteiger partial charge in [0, 0.05) is 30.3 Å². The molecule has 0 aromatic heterocycles. The number of sulfonamides is 1. The first-order valence-electron chi connectivity index (χ1n) is 13.0. The van der Waals surface area contributed by atoms with Crippen molar-refractivity contribution in [3.8, 4) is 5.75 Å². The summed E-state index contributed by atoms with van der Waals surface area (Å²) in [5.74, 6) is -0.104. The Bertz CT molecular complexity index is 1500. The van der Waals surface area contributed by atoms with E-state index in [1.807, 2.05) is 23.1 Å². The monoisotopic (exact) mass is 552 g/mol. The maximum atomic E-state index is 13.3. The maximum absolute atomic E-state index is 13.3. The Morgan fingerprint density at radius 2 is 1.85 bits per heavy atom. The third kappa shape index (κ3) is 5.11. The molecule has 0 spiro atoms. The number of carbonyl (C=O) groups is 1. The first-order valence-corrected chi connectivity index (χ1v) is 14.5. The topological polar surface area (TPSA) is 105 Å². The molecule has 3 heterocycles. The number of benzene rings is 3. The number of carbonyl (C=O) groups excluding carboxylic acids is 1. The van der Waals surface area contributed by atoms with Crippen molar-refractivity contribution in [1.29, 1.82) is 0 Å². The molecule has 0 aliphatic carbocycles. The van der Waals surface area contributed by atoms with Crippen LogP contribution >= 0.6 is 0 Å². The molecule has 8 nitrogen and oxygen atoms in total. The van der Waals surface area contributed by atoms with Gasteiger partial charge in [-0.3, -0.25) is 9.52 Å². The predicted molar refractivity (Wildman–Crippen MR) is 141 cm³/mol. The number of amides is 1. The predicted octanol–water partition coefficient (Wildman–Crippen LogP) is 3.60. The number of aliphatic hydroxyl groups is 1. The zero-order valence-corrected chi connectivity index (χ0v) is 21.9. The van der Waals surface area contributed by atoms with E-state index in [9.17, 15) is 22.7 Å². The highest BCUT2D eigenvalue weighted by atomic mass is 32.2. The Morgan fingerprint density at radius 1 is 1.08 bits per heavy atom. The zero-order valence-electron chi connectivity index (χ0n) is 21.1. The normalized spacial score (nSPS) is 23.8. The summed E-state index contributed by atoms with van der Waals surface area (Å²) in [6.07, 6.45) is 0.0294. The average Bonchev–Trinajstić information content (AvgIpc) is 3.30. The fourth-order valence-corrected chi connectivity index (χ4v) is 6.86. The summed E-state index contributed by atoms with van der Waals surface area (Å²) in [4.78, 5) is 15.0. The van der Waals surface area contributed by atoms with E-state index in [1.54, 1.807) is 18.2 Å². The van der Waals surface area contributed by atoms with E-state index in [0.717, 1.165) is 29.7 Å². The number of anilines is 1. The number of ether oxygens (including phenoxy) is 2. The molecule has 0 radical (unpaired) electrons. The molecule has 1 amide bonds. The number of aliphatic hydroxyl groups excluding tert-OH is 1. The molecule has 3 aliphatic rings. The summed E-state index contributed by atoms with van der Waals surface area (Å²) in [6, 6.07) is 17.7. The van der Waals surface area contributed by atoms with E-state index in [1.165, 1.54) is 17.7 Å². The Morgan fingerprint density at radius 3 is 2.62 bits per heavy atom. The molecule has 3 aromatic carbocycles. The third-order valence-corrected chi connectivity index (χ3v) is 9.16. The standard InChI is InChI=1S/C29H29FN2O6S/c30-20-5-8-23(9-6-20)39(35,36)31-21-7-10-26-24(13-21)25-14-22(37-27(17-33)29(25)38-26)15-28(34)32-12-11-18-3-1-2-4-19(18)16-32/h1-10,13,22,25,27,29,31,33H,11-12,14-17H2/t22-,25-,27-,29+/m0/s1. The highest BCUT2D eigenvalue weighted by Gasteiger charge is 2.46. The van der Waals surface area contributed by atoms with Gasteiger partial charge in [-0.15, -0.1) is 0 Å². The summed E-state index contributed by atoms with van der Waals surface area (Å²) in [5.41, 5.74) is 3.56. The number of nitrogens with zero attached hydrogens (tertiary/aromatic N) is 1. The third-order valence-electron chi connectivity index (χ3n) is 7.76. The quantitative estimate of drug-likeness (QED) is 0.484. The summed E-state index contributed by atoms with van der Waals surface area (Å²) in [7, 11) is -3.92. The van der Waals surface area contributed by atoms with E-state index in [-0.39, 0.29) is 29.7 Å². The van der Waals surface area contributed by atoms with Gasteiger partial charge in [0.1, 0.15) is 23.8 Å². The Kier molecular flexibility index (Phi) is 6.78. The zero-order chi connectivity index (χ0) is 27.1. The van der Waals surface area contributed by atoms with Crippen LogP contribution in [0.5, 0.6) is 5.75 Å². The average molecular weight is 553 g/mol. The number of hydrogen-bond donors (Lipinski definition) is 2. The lowest BCUT2D eigenvalue weighted by atomic mass is 9.84. The number of nitrogens with one attached hydrogen (secondary N) is 1. The lowest BCUT2D eigenvalue weighted by Gasteiger charge is -2.38. The van der Waals surface area contributed by atoms with E-state index >= 15 is 0 Å². The van der Waals surface area contributed by atoms with Crippen molar-refractivity contribution in [2.75, 3.05) is 17.9 Å². The van der Waals surface area contributed by atoms with E-state index in [2.05, 4.69) is 10.8 Å². The SMILES string of the molecule is O=C(C[C@@H]1C[C@H]2c3cc(NS(=O)(=O)c4ccc(F)cc4)ccc3O[C@H]2[C@H](CO)O1)N1CCc2ccccc2C1. The highest BCUT2D eigenvalue weighted by Crippen LogP contribution is 2.47. The van der Waals surface area contributed by atoms with Crippen molar-refractivity contribution in [3.05, 3.63) is 89.2 Å². The minimum atomic E-state index is -3.92. The first kappa shape index (κ1) is 25.8. The Hall–Kier alpha value is -3.47. The molecular weight excluding hydrogens is 523 g/mol. The van der Waals surface area contributed by atoms with E-state index < -0.39 is 34.2 Å². The van der Waals surface area contributed by atoms with Crippen LogP contribution in [0.3, 0.4) is 0 Å². The molecular formula is C29H29FN2O6S. The molecule has 4 atom stereocenters. The summed E-state index contributed by atoms with van der Waals surface area (Å²) >= 11 is 0. The molecule has 3 aliphatic heterocycles. The van der Waals surface area contributed by atoms with Gasteiger partial charge in [0.05, 0.1) is 24.0 Å². The van der Waals surface area contributed by atoms with Crippen LogP contribution in [0.2, 0.25) is 0 Å². The number of halogens is 1. The van der Waals surface area contributed by atoms with Crippen LogP contribution < -0.4 is 9.46 Å². The second-order valence-electron chi connectivity index (χ2n) is 10.3. The fraction of sp³-hybridized carbons (Fsp3) is 0.345. The molecule has 0 saturated carbocycles. The van der Waals surface area contributed by atoms with Crippen molar-refractivity contribution < 1.29 is 32.2 Å². The second-order valence-corrected chi connectivity index (χ2v) is 11.9. The number of fused-ring (bicyclic) bond motifs is 4. The maximum Gasteiger partial charge on any atom is 0.261 e. The van der Waals surface area contributed by atoms with Gasteiger partial charge in [-0.1, -0.05) is 24.3 Å². The van der Waals surface area contributed by atoms with Gasteiger partial charge in [-0.05, 0) is 66.4 Å². The van der Waals surface area contributed by atoms with Gasteiger partial charge in [0.25, 0.3) is 10.0 Å². The molecule has 6 rings (SSSR count). The van der Waals surface area contributed by atoms with Crippen LogP contribution in [-0.4, -0.2) is 55.8 Å². The summed E-state index contributed by atoms with van der Waals surface area (Å²) < 4.78 is 53.7. The minimum Gasteiger partial charge on any atom is -0.487 e. The van der Waals surface area contributed by atoms with Crippen LogP contribution in [0.15, 0.2) is 71.6 Å². The van der Waals surface area contributed by atoms with Crippen LogP contribution in [0.25, 0.3) is 0 Å². The molecule has 0 unspecified atom stereocenters. The number of hydrogen-bond acceptors (Lipinski definition) is 6. The molecule has 204 valence electrons. The Labute approximate surface area is 226 Å². The summed E-state index contributed by atoms with van der Waals surface area (Å²) in [6.45, 7) is 0.962. The van der Waals surface area contributed by atoms with Crippen molar-refractivity contribution in [2.24, 2.45) is 0 Å². The van der Waals surface area contributed by atoms with E-state index in [0.29, 0.717) is 30.9 Å². The lowest BCUT2D eigenvalue weighted by Crippen LogP contribution is -2.48. The van der Waals surface area contributed by atoms with Gasteiger partial charge in [-0.25, -0.2) is 12.8 Å². The van der Waals surface area contributed by atoms with Gasteiger partial charge < -0.3 is 19.5 Å². The van der Waals surface area contributed by atoms with E-state index in [4.69, 9.17) is 9.47 Å². The van der Waals surface area contributed by atoms with Crippen molar-refractivity contribution in [3.63, 3.8) is 0 Å². The van der Waals surface area contributed by atoms with Crippen LogP contribution in [-0.2, 0) is 32.5 Å². The second kappa shape index (κ2) is 10.3. The molecule has 3 aromatic rings. The molecule has 2 N–H and O–H groups in total. The van der Waals surface area contributed by atoms with Crippen molar-refractivity contribution in [1.82, 2.24) is 4.90 Å². The first-order chi connectivity index (χ1) is 18.8. The molecule has 1 fully saturated rings. The summed E-state index contributed by atoms with van der Waals surface area (Å²) in [5, 5.41) is 10.1. The lowest BCUT2D eigenvalue weighted by molar-refractivity contribution is -0.149. The molecule has 1 saturated heterocycles. The van der Waals surface area contributed by atoms with Gasteiger partial charge in [0.2, 0.25) is 5.91 Å². The fourth-order valence-electron chi connectivity index (χ4n) is 5.81. The highest BCUT2D eigenvalue weighted by molar-refractivity contribution is 7.92.